The van der Waals surface area contributed by atoms with Crippen molar-refractivity contribution in [3.05, 3.63) is 0 Å². The molecule has 1 aromatic rings. The molecule has 0 unspecified atom stereocenters. The lowest BCUT2D eigenvalue weighted by Crippen LogP contribution is -2.38. The third kappa shape index (κ3) is 7.71. The van der Waals surface area contributed by atoms with Gasteiger partial charge in [-0.25, -0.2) is 0 Å². The van der Waals surface area contributed by atoms with Gasteiger partial charge in [-0.05, 0) is 19.5 Å². The van der Waals surface area contributed by atoms with Crippen LogP contribution >= 0.6 is 0 Å². The van der Waals surface area contributed by atoms with Crippen molar-refractivity contribution in [3.8, 4) is 0 Å². The van der Waals surface area contributed by atoms with Gasteiger partial charge in [-0.2, -0.15) is 28.1 Å². The van der Waals surface area contributed by atoms with E-state index in [1.807, 2.05) is 19.0 Å². The molecular weight excluding hydrogens is 363 g/mol. The molecule has 0 spiro atoms. The first-order valence-corrected chi connectivity index (χ1v) is 8.82. The fourth-order valence-corrected chi connectivity index (χ4v) is 2.84. The number of nitrogens with one attached hydrogen (secondary N) is 2. The molecule has 27 heavy (non-hydrogen) atoms. The molecule has 1 saturated heterocycles. The van der Waals surface area contributed by atoms with Gasteiger partial charge in [-0.1, -0.05) is 13.8 Å². The van der Waals surface area contributed by atoms with Crippen molar-refractivity contribution in [2.75, 3.05) is 75.6 Å². The van der Waals surface area contributed by atoms with E-state index in [1.165, 1.54) is 0 Å². The van der Waals surface area contributed by atoms with Gasteiger partial charge in [0.1, 0.15) is 6.54 Å². The van der Waals surface area contributed by atoms with E-state index in [0.717, 1.165) is 6.54 Å². The van der Waals surface area contributed by atoms with Crippen molar-refractivity contribution < 1.29 is 17.9 Å². The van der Waals surface area contributed by atoms with Crippen molar-refractivity contribution in [2.45, 2.75) is 20.0 Å². The maximum Gasteiger partial charge on any atom is 0.405 e. The summed E-state index contributed by atoms with van der Waals surface area (Å²) in [6, 6.07) is 0. The fraction of sp³-hybridized carbons (Fsp3) is 0.812. The molecule has 2 rings (SSSR count). The summed E-state index contributed by atoms with van der Waals surface area (Å²) in [7, 11) is 3.97. The summed E-state index contributed by atoms with van der Waals surface area (Å²) in [5.74, 6) is 0.491. The van der Waals surface area contributed by atoms with E-state index >= 15 is 0 Å². The Balaban J connectivity index is 2.15. The number of anilines is 3. The minimum atomic E-state index is -4.35. The molecule has 154 valence electrons. The zero-order chi connectivity index (χ0) is 20.1. The Morgan fingerprint density at radius 2 is 1.56 bits per heavy atom. The lowest BCUT2D eigenvalue weighted by Gasteiger charge is -2.29. The van der Waals surface area contributed by atoms with E-state index in [4.69, 9.17) is 4.74 Å². The Bertz CT molecular complexity index is 604. The third-order valence-electron chi connectivity index (χ3n) is 3.83. The van der Waals surface area contributed by atoms with Crippen molar-refractivity contribution in [3.63, 3.8) is 0 Å². The zero-order valence-electron chi connectivity index (χ0n) is 16.2. The van der Waals surface area contributed by atoms with Crippen LogP contribution in [-0.2, 0) is 4.74 Å². The normalized spacial score (nSPS) is 15.9. The average Bonchev–Trinajstić information content (AvgIpc) is 2.57. The number of alkyl halides is 3. The van der Waals surface area contributed by atoms with Crippen LogP contribution in [0.15, 0.2) is 0 Å². The van der Waals surface area contributed by atoms with Crippen LogP contribution in [-0.4, -0.2) is 86.1 Å². The van der Waals surface area contributed by atoms with Gasteiger partial charge in [-0.3, -0.25) is 0 Å². The molecule has 1 fully saturated rings. The Morgan fingerprint density at radius 3 is 2.07 bits per heavy atom. The van der Waals surface area contributed by atoms with E-state index in [0.29, 0.717) is 38.8 Å². The smallest absolute Gasteiger partial charge is 0.378 e. The summed E-state index contributed by atoms with van der Waals surface area (Å²) < 4.78 is 42.9. The first-order valence-electron chi connectivity index (χ1n) is 8.82. The molecule has 2 N–H and O–H groups in total. The van der Waals surface area contributed by atoms with E-state index in [2.05, 4.69) is 44.3 Å². The highest BCUT2D eigenvalue weighted by molar-refractivity contribution is 5.44. The van der Waals surface area contributed by atoms with Gasteiger partial charge in [0.2, 0.25) is 17.8 Å². The van der Waals surface area contributed by atoms with Crippen molar-refractivity contribution in [1.82, 2.24) is 19.9 Å². The number of aromatic nitrogens is 3. The van der Waals surface area contributed by atoms with E-state index < -0.39 is 12.7 Å². The number of nitrogens with zero attached hydrogens (tertiary/aromatic N) is 5. The van der Waals surface area contributed by atoms with Crippen molar-refractivity contribution >= 4 is 17.8 Å². The minimum Gasteiger partial charge on any atom is -0.378 e. The zero-order valence-corrected chi connectivity index (χ0v) is 16.2. The molecular formula is C16H28F3N7O. The van der Waals surface area contributed by atoms with Crippen LogP contribution in [0.1, 0.15) is 13.8 Å². The van der Waals surface area contributed by atoms with Gasteiger partial charge in [0, 0.05) is 26.2 Å². The summed E-state index contributed by atoms with van der Waals surface area (Å²) in [5, 5.41) is 5.38. The van der Waals surface area contributed by atoms with E-state index in [1.54, 1.807) is 0 Å². The molecule has 1 aliphatic heterocycles. The van der Waals surface area contributed by atoms with Crippen LogP contribution in [0.25, 0.3) is 0 Å². The third-order valence-corrected chi connectivity index (χ3v) is 3.83. The average molecular weight is 391 g/mol. The first kappa shape index (κ1) is 21.4. The largest absolute Gasteiger partial charge is 0.405 e. The minimum absolute atomic E-state index is 0.0746. The van der Waals surface area contributed by atoms with Gasteiger partial charge in [0.15, 0.2) is 0 Å². The fourth-order valence-electron chi connectivity index (χ4n) is 2.84. The molecule has 0 amide bonds. The van der Waals surface area contributed by atoms with Crippen molar-refractivity contribution in [1.29, 1.82) is 0 Å². The number of rotatable bonds is 8. The number of morpholine rings is 1. The molecule has 1 aliphatic rings. The quantitative estimate of drug-likeness (QED) is 0.693. The molecule has 0 aromatic carbocycles. The van der Waals surface area contributed by atoms with Gasteiger partial charge >= 0.3 is 6.18 Å². The Kier molecular flexibility index (Phi) is 7.04. The molecule has 11 heteroatoms. The summed E-state index contributed by atoms with van der Waals surface area (Å²) in [6.07, 6.45) is -4.35. The second kappa shape index (κ2) is 8.87. The van der Waals surface area contributed by atoms with Crippen LogP contribution in [0.2, 0.25) is 0 Å². The van der Waals surface area contributed by atoms with Gasteiger partial charge in [-0.15, -0.1) is 0 Å². The SMILES string of the molecule is CN(C)CC(C)(C)CNc1nc(NCC(F)(F)F)nc(N2CCOCC2)n1. The van der Waals surface area contributed by atoms with Crippen LogP contribution < -0.4 is 15.5 Å². The molecule has 0 aliphatic carbocycles. The second-order valence-electron chi connectivity index (χ2n) is 7.61. The second-order valence-corrected chi connectivity index (χ2v) is 7.61. The van der Waals surface area contributed by atoms with Gasteiger partial charge < -0.3 is 25.2 Å². The van der Waals surface area contributed by atoms with Crippen molar-refractivity contribution in [2.24, 2.45) is 5.41 Å². The first-order chi connectivity index (χ1) is 12.5. The highest BCUT2D eigenvalue weighted by atomic mass is 19.4. The topological polar surface area (TPSA) is 78.4 Å². The highest BCUT2D eigenvalue weighted by Crippen LogP contribution is 2.20. The molecule has 0 radical (unpaired) electrons. The lowest BCUT2D eigenvalue weighted by molar-refractivity contribution is -0.115. The maximum absolute atomic E-state index is 12.5. The van der Waals surface area contributed by atoms with Gasteiger partial charge in [0.25, 0.3) is 0 Å². The highest BCUT2D eigenvalue weighted by Gasteiger charge is 2.28. The summed E-state index contributed by atoms with van der Waals surface area (Å²) in [6.45, 7) is 6.58. The summed E-state index contributed by atoms with van der Waals surface area (Å²) in [5.41, 5.74) is -0.0746. The van der Waals surface area contributed by atoms with Crippen LogP contribution in [0.4, 0.5) is 31.0 Å². The molecule has 0 saturated carbocycles. The van der Waals surface area contributed by atoms with E-state index in [9.17, 15) is 13.2 Å². The predicted molar refractivity (Wildman–Crippen MR) is 98.2 cm³/mol. The number of halogens is 3. The Hall–Kier alpha value is -1.88. The standard InChI is InChI=1S/C16H28F3N7O/c1-15(2,11-25(3)4)9-20-12-22-13(21-10-16(17,18)19)24-14(23-12)26-5-7-27-8-6-26/h5-11H2,1-4H3,(H2,20,21,22,23,24). The number of hydrogen-bond donors (Lipinski definition) is 2. The molecule has 0 atom stereocenters. The van der Waals surface area contributed by atoms with Gasteiger partial charge in [0.05, 0.1) is 13.2 Å². The predicted octanol–water partition coefficient (Wildman–Crippen LogP) is 1.68. The Labute approximate surface area is 157 Å². The molecule has 0 bridgehead atoms. The monoisotopic (exact) mass is 391 g/mol. The van der Waals surface area contributed by atoms with E-state index in [-0.39, 0.29) is 17.3 Å². The maximum atomic E-state index is 12.5. The van der Waals surface area contributed by atoms with Crippen LogP contribution in [0, 0.1) is 5.41 Å². The number of ether oxygens (including phenoxy) is 1. The summed E-state index contributed by atoms with van der Waals surface area (Å²) >= 11 is 0. The summed E-state index contributed by atoms with van der Waals surface area (Å²) in [4.78, 5) is 16.6. The van der Waals surface area contributed by atoms with Crippen LogP contribution in [0.5, 0.6) is 0 Å². The lowest BCUT2D eigenvalue weighted by atomic mass is 9.93. The molecule has 8 nitrogen and oxygen atoms in total. The molecule has 1 aromatic heterocycles. The van der Waals surface area contributed by atoms with Crippen LogP contribution in [0.3, 0.4) is 0 Å². The number of hydrogen-bond acceptors (Lipinski definition) is 8. The molecule has 2 heterocycles. The Morgan fingerprint density at radius 1 is 1.00 bits per heavy atom.